The van der Waals surface area contributed by atoms with E-state index in [9.17, 15) is 4.79 Å². The van der Waals surface area contributed by atoms with Gasteiger partial charge in [0.25, 0.3) is 0 Å². The Bertz CT molecular complexity index is 235. The minimum atomic E-state index is 0.471. The van der Waals surface area contributed by atoms with E-state index in [2.05, 4.69) is 18.9 Å². The highest BCUT2D eigenvalue weighted by Gasteiger charge is 2.31. The normalized spacial score (nSPS) is 33.1. The topological polar surface area (TPSA) is 20.3 Å². The van der Waals surface area contributed by atoms with E-state index in [0.717, 1.165) is 25.2 Å². The molecule has 0 aliphatic heterocycles. The largest absolute Gasteiger partial charge is 0.302 e. The van der Waals surface area contributed by atoms with Gasteiger partial charge in [-0.15, -0.1) is 0 Å². The second-order valence-electron chi connectivity index (χ2n) is 5.56. The molecule has 2 atom stereocenters. The summed E-state index contributed by atoms with van der Waals surface area (Å²) in [5, 5.41) is 0. The van der Waals surface area contributed by atoms with Crippen LogP contribution in [0.1, 0.15) is 45.4 Å². The number of carbonyl (C=O) groups is 1. The van der Waals surface area contributed by atoms with Crippen LogP contribution in [0, 0.1) is 11.8 Å². The Morgan fingerprint density at radius 3 is 2.67 bits per heavy atom. The van der Waals surface area contributed by atoms with Gasteiger partial charge in [0.15, 0.2) is 0 Å². The first kappa shape index (κ1) is 11.1. The summed E-state index contributed by atoms with van der Waals surface area (Å²) in [7, 11) is 2.21. The molecule has 0 bridgehead atoms. The molecule has 15 heavy (non-hydrogen) atoms. The molecule has 0 aromatic carbocycles. The van der Waals surface area contributed by atoms with Gasteiger partial charge >= 0.3 is 0 Å². The lowest BCUT2D eigenvalue weighted by Crippen LogP contribution is -2.44. The molecule has 86 valence electrons. The lowest BCUT2D eigenvalue weighted by atomic mass is 9.81. The summed E-state index contributed by atoms with van der Waals surface area (Å²) in [6.07, 6.45) is 6.92. The number of hydrogen-bond acceptors (Lipinski definition) is 2. The maximum absolute atomic E-state index is 11.5. The van der Waals surface area contributed by atoms with E-state index in [0.29, 0.717) is 17.7 Å². The van der Waals surface area contributed by atoms with E-state index < -0.39 is 0 Å². The maximum Gasteiger partial charge on any atom is 0.134 e. The second kappa shape index (κ2) is 4.65. The van der Waals surface area contributed by atoms with Crippen LogP contribution >= 0.6 is 0 Å². The van der Waals surface area contributed by atoms with Crippen molar-refractivity contribution in [2.75, 3.05) is 13.6 Å². The van der Waals surface area contributed by atoms with E-state index in [1.165, 1.54) is 25.8 Å². The molecule has 0 aromatic heterocycles. The van der Waals surface area contributed by atoms with E-state index >= 15 is 0 Å². The summed E-state index contributed by atoms with van der Waals surface area (Å²) in [6, 6.07) is 0.520. The van der Waals surface area contributed by atoms with Crippen LogP contribution in [0.2, 0.25) is 0 Å². The van der Waals surface area contributed by atoms with Gasteiger partial charge in [0, 0.05) is 25.4 Å². The third kappa shape index (κ3) is 2.60. The minimum absolute atomic E-state index is 0.471. The number of Topliss-reactive ketones (excluding diaryl/α,β-unsaturated/α-hetero) is 1. The highest BCUT2D eigenvalue weighted by molar-refractivity contribution is 5.79. The molecule has 0 amide bonds. The van der Waals surface area contributed by atoms with Gasteiger partial charge in [0.1, 0.15) is 5.78 Å². The smallest absolute Gasteiger partial charge is 0.134 e. The summed E-state index contributed by atoms with van der Waals surface area (Å²) in [5.74, 6) is 2.09. The van der Waals surface area contributed by atoms with Gasteiger partial charge in [0.2, 0.25) is 0 Å². The van der Waals surface area contributed by atoms with Crippen LogP contribution in [-0.4, -0.2) is 30.3 Å². The highest BCUT2D eigenvalue weighted by atomic mass is 16.1. The molecule has 2 aliphatic rings. The fraction of sp³-hybridized carbons (Fsp3) is 0.923. The van der Waals surface area contributed by atoms with Crippen LogP contribution in [-0.2, 0) is 4.79 Å². The number of rotatable bonds is 3. The predicted molar refractivity (Wildman–Crippen MR) is 61.8 cm³/mol. The van der Waals surface area contributed by atoms with Crippen LogP contribution in [0.4, 0.5) is 0 Å². The van der Waals surface area contributed by atoms with Gasteiger partial charge in [-0.3, -0.25) is 4.79 Å². The van der Waals surface area contributed by atoms with Crippen molar-refractivity contribution in [2.45, 2.75) is 51.5 Å². The molecule has 2 fully saturated rings. The molecule has 0 spiro atoms. The molecule has 2 nitrogen and oxygen atoms in total. The molecule has 2 saturated carbocycles. The Balaban J connectivity index is 1.85. The first-order chi connectivity index (χ1) is 7.16. The quantitative estimate of drug-likeness (QED) is 0.711. The van der Waals surface area contributed by atoms with Gasteiger partial charge in [-0.2, -0.15) is 0 Å². The Morgan fingerprint density at radius 1 is 1.33 bits per heavy atom. The van der Waals surface area contributed by atoms with Crippen molar-refractivity contribution in [1.29, 1.82) is 0 Å². The standard InChI is InChI=1S/C13H23NO/c1-10-6-7-12(15)8-13(10)14(2)9-11-4-3-5-11/h10-11,13H,3-9H2,1-2H3. The van der Waals surface area contributed by atoms with Crippen molar-refractivity contribution < 1.29 is 4.79 Å². The van der Waals surface area contributed by atoms with Crippen molar-refractivity contribution >= 4 is 5.78 Å². The molecule has 2 aliphatic carbocycles. The summed E-state index contributed by atoms with van der Waals surface area (Å²) >= 11 is 0. The number of carbonyl (C=O) groups excluding carboxylic acids is 1. The maximum atomic E-state index is 11.5. The first-order valence-electron chi connectivity index (χ1n) is 6.38. The van der Waals surface area contributed by atoms with Gasteiger partial charge in [-0.1, -0.05) is 13.3 Å². The lowest BCUT2D eigenvalue weighted by Gasteiger charge is -2.39. The van der Waals surface area contributed by atoms with Crippen LogP contribution in [0.25, 0.3) is 0 Å². The number of ketones is 1. The molecule has 0 radical (unpaired) electrons. The zero-order chi connectivity index (χ0) is 10.8. The van der Waals surface area contributed by atoms with Crippen molar-refractivity contribution in [3.63, 3.8) is 0 Å². The van der Waals surface area contributed by atoms with Crippen LogP contribution in [0.5, 0.6) is 0 Å². The molecule has 0 N–H and O–H groups in total. The monoisotopic (exact) mass is 209 g/mol. The zero-order valence-corrected chi connectivity index (χ0v) is 10.0. The average molecular weight is 209 g/mol. The third-order valence-corrected chi connectivity index (χ3v) is 4.31. The van der Waals surface area contributed by atoms with Crippen LogP contribution < -0.4 is 0 Å². The van der Waals surface area contributed by atoms with Gasteiger partial charge in [-0.25, -0.2) is 0 Å². The van der Waals surface area contributed by atoms with Crippen molar-refractivity contribution in [3.8, 4) is 0 Å². The zero-order valence-electron chi connectivity index (χ0n) is 10.0. The van der Waals surface area contributed by atoms with E-state index in [4.69, 9.17) is 0 Å². The summed E-state index contributed by atoms with van der Waals surface area (Å²) < 4.78 is 0. The second-order valence-corrected chi connectivity index (χ2v) is 5.56. The minimum Gasteiger partial charge on any atom is -0.302 e. The van der Waals surface area contributed by atoms with Crippen molar-refractivity contribution in [2.24, 2.45) is 11.8 Å². The number of hydrogen-bond donors (Lipinski definition) is 0. The highest BCUT2D eigenvalue weighted by Crippen LogP contribution is 2.30. The fourth-order valence-corrected chi connectivity index (χ4v) is 2.93. The van der Waals surface area contributed by atoms with Gasteiger partial charge in [-0.05, 0) is 38.1 Å². The Labute approximate surface area is 93.0 Å². The molecule has 2 heteroatoms. The average Bonchev–Trinajstić information content (AvgIpc) is 2.15. The fourth-order valence-electron chi connectivity index (χ4n) is 2.93. The third-order valence-electron chi connectivity index (χ3n) is 4.31. The van der Waals surface area contributed by atoms with Gasteiger partial charge < -0.3 is 4.90 Å². The molecule has 0 saturated heterocycles. The van der Waals surface area contributed by atoms with E-state index in [1.54, 1.807) is 0 Å². The Kier molecular flexibility index (Phi) is 3.45. The summed E-state index contributed by atoms with van der Waals surface area (Å²) in [4.78, 5) is 13.9. The summed E-state index contributed by atoms with van der Waals surface area (Å²) in [5.41, 5.74) is 0. The van der Waals surface area contributed by atoms with Gasteiger partial charge in [0.05, 0.1) is 0 Å². The SMILES string of the molecule is CC1CCC(=O)CC1N(C)CC1CCC1. The van der Waals surface area contributed by atoms with Crippen molar-refractivity contribution in [3.05, 3.63) is 0 Å². The van der Waals surface area contributed by atoms with E-state index in [-0.39, 0.29) is 0 Å². The Hall–Kier alpha value is -0.370. The van der Waals surface area contributed by atoms with Crippen LogP contribution in [0.15, 0.2) is 0 Å². The molecular formula is C13H23NO. The van der Waals surface area contributed by atoms with Crippen molar-refractivity contribution in [1.82, 2.24) is 4.90 Å². The molecule has 2 unspecified atom stereocenters. The summed E-state index contributed by atoms with van der Waals surface area (Å²) in [6.45, 7) is 3.51. The molecular weight excluding hydrogens is 186 g/mol. The number of nitrogens with zero attached hydrogens (tertiary/aromatic N) is 1. The van der Waals surface area contributed by atoms with Crippen LogP contribution in [0.3, 0.4) is 0 Å². The molecule has 0 heterocycles. The first-order valence-corrected chi connectivity index (χ1v) is 6.38. The molecule has 0 aromatic rings. The Morgan fingerprint density at radius 2 is 2.07 bits per heavy atom. The lowest BCUT2D eigenvalue weighted by molar-refractivity contribution is -0.123. The predicted octanol–water partition coefficient (Wildman–Crippen LogP) is 2.48. The van der Waals surface area contributed by atoms with E-state index in [1.807, 2.05) is 0 Å². The molecule has 2 rings (SSSR count).